The second-order valence-electron chi connectivity index (χ2n) is 6.01. The number of rotatable bonds is 7. The molecule has 2 rings (SSSR count). The number of aliphatic hydroxyl groups is 1. The van der Waals surface area contributed by atoms with E-state index in [2.05, 4.69) is 42.3 Å². The lowest BCUT2D eigenvalue weighted by atomic mass is 10.1. The number of pyridine rings is 1. The Morgan fingerprint density at radius 3 is 2.42 bits per heavy atom. The molecule has 5 nitrogen and oxygen atoms in total. The molecule has 0 unspecified atom stereocenters. The van der Waals surface area contributed by atoms with Gasteiger partial charge in [-0.2, -0.15) is 0 Å². The van der Waals surface area contributed by atoms with E-state index in [1.165, 1.54) is 11.1 Å². The topological polar surface area (TPSA) is 65.5 Å². The number of carbonyl (C=O) groups is 1. The highest BCUT2D eigenvalue weighted by Gasteiger charge is 2.13. The number of urea groups is 1. The van der Waals surface area contributed by atoms with Crippen LogP contribution in [0.5, 0.6) is 0 Å². The number of aryl methyl sites for hydroxylation is 2. The van der Waals surface area contributed by atoms with E-state index in [4.69, 9.17) is 5.11 Å². The molecular weight excluding hydrogens is 302 g/mol. The first kappa shape index (κ1) is 17.9. The molecule has 2 aromatic rings. The molecule has 128 valence electrons. The second-order valence-corrected chi connectivity index (χ2v) is 6.01. The van der Waals surface area contributed by atoms with Crippen molar-refractivity contribution in [3.05, 3.63) is 65.0 Å². The third-order valence-corrected chi connectivity index (χ3v) is 3.72. The number of hydrogen-bond acceptors (Lipinski definition) is 3. The average Bonchev–Trinajstić information content (AvgIpc) is 2.56. The minimum Gasteiger partial charge on any atom is -0.396 e. The molecule has 0 aliphatic carbocycles. The van der Waals surface area contributed by atoms with E-state index in [9.17, 15) is 4.79 Å². The van der Waals surface area contributed by atoms with Crippen molar-refractivity contribution in [2.45, 2.75) is 33.4 Å². The quantitative estimate of drug-likeness (QED) is 0.822. The van der Waals surface area contributed by atoms with E-state index in [1.54, 1.807) is 17.3 Å². The predicted octanol–water partition coefficient (Wildman–Crippen LogP) is 2.79. The van der Waals surface area contributed by atoms with E-state index < -0.39 is 0 Å². The highest BCUT2D eigenvalue weighted by Crippen LogP contribution is 2.09. The molecular formula is C19H25N3O2. The molecule has 1 heterocycles. The van der Waals surface area contributed by atoms with E-state index >= 15 is 0 Å². The Labute approximate surface area is 143 Å². The first-order valence-corrected chi connectivity index (χ1v) is 8.18. The monoisotopic (exact) mass is 327 g/mol. The summed E-state index contributed by atoms with van der Waals surface area (Å²) >= 11 is 0. The van der Waals surface area contributed by atoms with Gasteiger partial charge in [-0.1, -0.05) is 29.3 Å². The fraction of sp³-hybridized carbons (Fsp3) is 0.368. The number of aliphatic hydroxyl groups excluding tert-OH is 1. The zero-order valence-electron chi connectivity index (χ0n) is 14.3. The third-order valence-electron chi connectivity index (χ3n) is 3.72. The van der Waals surface area contributed by atoms with Gasteiger partial charge >= 0.3 is 6.03 Å². The van der Waals surface area contributed by atoms with Crippen LogP contribution in [-0.4, -0.2) is 34.2 Å². The largest absolute Gasteiger partial charge is 0.396 e. The molecule has 0 saturated heterocycles. The fourth-order valence-corrected chi connectivity index (χ4v) is 2.68. The molecule has 0 aliphatic rings. The van der Waals surface area contributed by atoms with Crippen LogP contribution in [-0.2, 0) is 13.1 Å². The smallest absolute Gasteiger partial charge is 0.317 e. The summed E-state index contributed by atoms with van der Waals surface area (Å²) in [6.07, 6.45) is 3.99. The third kappa shape index (κ3) is 5.66. The van der Waals surface area contributed by atoms with Crippen molar-refractivity contribution >= 4 is 6.03 Å². The molecule has 2 N–H and O–H groups in total. The molecule has 0 aliphatic heterocycles. The number of hydrogen-bond donors (Lipinski definition) is 2. The summed E-state index contributed by atoms with van der Waals surface area (Å²) in [5.41, 5.74) is 4.48. The molecule has 0 spiro atoms. The van der Waals surface area contributed by atoms with Gasteiger partial charge in [0.05, 0.1) is 0 Å². The molecule has 5 heteroatoms. The van der Waals surface area contributed by atoms with Crippen LogP contribution in [0, 0.1) is 13.8 Å². The van der Waals surface area contributed by atoms with Gasteiger partial charge in [-0.05, 0) is 43.5 Å². The first-order chi connectivity index (χ1) is 11.6. The number of carbonyl (C=O) groups excluding carboxylic acids is 1. The summed E-state index contributed by atoms with van der Waals surface area (Å²) in [7, 11) is 0. The van der Waals surface area contributed by atoms with Crippen molar-refractivity contribution in [2.75, 3.05) is 13.2 Å². The number of nitrogens with zero attached hydrogens (tertiary/aromatic N) is 2. The average molecular weight is 327 g/mol. The van der Waals surface area contributed by atoms with Gasteiger partial charge in [0.1, 0.15) is 0 Å². The molecule has 0 atom stereocenters. The van der Waals surface area contributed by atoms with Crippen molar-refractivity contribution in [1.82, 2.24) is 15.2 Å². The lowest BCUT2D eigenvalue weighted by Crippen LogP contribution is -2.40. The standard InChI is InChI=1S/C19H25N3O2/c1-15-10-16(2)12-18(11-15)13-21-19(24)22(8-3-9-23)14-17-4-6-20-7-5-17/h4-7,10-12,23H,3,8-9,13-14H2,1-2H3,(H,21,24). The maximum absolute atomic E-state index is 12.5. The molecule has 0 bridgehead atoms. The first-order valence-electron chi connectivity index (χ1n) is 8.18. The molecule has 2 amide bonds. The van der Waals surface area contributed by atoms with Gasteiger partial charge in [-0.3, -0.25) is 4.98 Å². The predicted molar refractivity (Wildman–Crippen MR) is 94.5 cm³/mol. The van der Waals surface area contributed by atoms with Crippen LogP contribution in [0.3, 0.4) is 0 Å². The zero-order valence-corrected chi connectivity index (χ0v) is 14.3. The van der Waals surface area contributed by atoms with Crippen molar-refractivity contribution in [3.8, 4) is 0 Å². The Kier molecular flexibility index (Phi) is 6.75. The van der Waals surface area contributed by atoms with E-state index in [-0.39, 0.29) is 12.6 Å². The lowest BCUT2D eigenvalue weighted by Gasteiger charge is -2.23. The van der Waals surface area contributed by atoms with E-state index in [1.807, 2.05) is 12.1 Å². The Bertz CT molecular complexity index is 639. The van der Waals surface area contributed by atoms with Crippen molar-refractivity contribution in [1.29, 1.82) is 0 Å². The maximum atomic E-state index is 12.5. The van der Waals surface area contributed by atoms with Crippen molar-refractivity contribution in [3.63, 3.8) is 0 Å². The van der Waals surface area contributed by atoms with E-state index in [0.717, 1.165) is 11.1 Å². The Balaban J connectivity index is 1.98. The Morgan fingerprint density at radius 1 is 1.12 bits per heavy atom. The van der Waals surface area contributed by atoms with Crippen LogP contribution in [0.25, 0.3) is 0 Å². The van der Waals surface area contributed by atoms with E-state index in [0.29, 0.717) is 26.1 Å². The van der Waals surface area contributed by atoms with Gasteiger partial charge in [0.25, 0.3) is 0 Å². The molecule has 0 radical (unpaired) electrons. The van der Waals surface area contributed by atoms with Gasteiger partial charge in [0.2, 0.25) is 0 Å². The number of aromatic nitrogens is 1. The number of nitrogens with one attached hydrogen (secondary N) is 1. The molecule has 0 saturated carbocycles. The van der Waals surface area contributed by atoms with Gasteiger partial charge in [0.15, 0.2) is 0 Å². The van der Waals surface area contributed by atoms with Crippen LogP contribution in [0.2, 0.25) is 0 Å². The minimum atomic E-state index is -0.126. The highest BCUT2D eigenvalue weighted by molar-refractivity contribution is 5.74. The molecule has 1 aromatic carbocycles. The summed E-state index contributed by atoms with van der Waals surface area (Å²) in [6.45, 7) is 5.67. The fourth-order valence-electron chi connectivity index (χ4n) is 2.68. The number of amides is 2. The number of benzene rings is 1. The Hall–Kier alpha value is -2.40. The van der Waals surface area contributed by atoms with Crippen LogP contribution in [0.1, 0.15) is 28.7 Å². The summed E-state index contributed by atoms with van der Waals surface area (Å²) in [6, 6.07) is 9.93. The minimum absolute atomic E-state index is 0.0667. The molecule has 0 fully saturated rings. The summed E-state index contributed by atoms with van der Waals surface area (Å²) in [5, 5.41) is 12.0. The lowest BCUT2D eigenvalue weighted by molar-refractivity contribution is 0.186. The normalized spacial score (nSPS) is 10.5. The SMILES string of the molecule is Cc1cc(C)cc(CNC(=O)N(CCCO)Cc2ccncc2)c1. The van der Waals surface area contributed by atoms with Gasteiger partial charge in [-0.25, -0.2) is 4.79 Å². The molecule has 24 heavy (non-hydrogen) atoms. The highest BCUT2D eigenvalue weighted by atomic mass is 16.3. The summed E-state index contributed by atoms with van der Waals surface area (Å²) < 4.78 is 0. The summed E-state index contributed by atoms with van der Waals surface area (Å²) in [4.78, 5) is 18.2. The van der Waals surface area contributed by atoms with Gasteiger partial charge in [-0.15, -0.1) is 0 Å². The maximum Gasteiger partial charge on any atom is 0.317 e. The Morgan fingerprint density at radius 2 is 1.79 bits per heavy atom. The second kappa shape index (κ2) is 9.03. The van der Waals surface area contributed by atoms with Crippen LogP contribution >= 0.6 is 0 Å². The van der Waals surface area contributed by atoms with Gasteiger partial charge in [0, 0.05) is 38.6 Å². The summed E-state index contributed by atoms with van der Waals surface area (Å²) in [5.74, 6) is 0. The van der Waals surface area contributed by atoms with Crippen LogP contribution in [0.4, 0.5) is 4.79 Å². The van der Waals surface area contributed by atoms with Crippen molar-refractivity contribution in [2.24, 2.45) is 0 Å². The van der Waals surface area contributed by atoms with Gasteiger partial charge < -0.3 is 15.3 Å². The van der Waals surface area contributed by atoms with Crippen LogP contribution in [0.15, 0.2) is 42.7 Å². The molecule has 1 aromatic heterocycles. The van der Waals surface area contributed by atoms with Crippen LogP contribution < -0.4 is 5.32 Å². The zero-order chi connectivity index (χ0) is 17.4. The van der Waals surface area contributed by atoms with Crippen molar-refractivity contribution < 1.29 is 9.90 Å².